The van der Waals surface area contributed by atoms with Gasteiger partial charge >= 0.3 is 0 Å². The van der Waals surface area contributed by atoms with Crippen LogP contribution in [0, 0.1) is 0 Å². The van der Waals surface area contributed by atoms with Gasteiger partial charge in [-0.15, -0.1) is 0 Å². The molecule has 1 aromatic carbocycles. The van der Waals surface area contributed by atoms with Gasteiger partial charge in [0, 0.05) is 38.3 Å². The smallest absolute Gasteiger partial charge is 0.254 e. The average molecular weight is 275 g/mol. The molecule has 7 heteroatoms. The Morgan fingerprint density at radius 3 is 2.70 bits per heavy atom. The van der Waals surface area contributed by atoms with Gasteiger partial charge in [-0.3, -0.25) is 9.69 Å². The van der Waals surface area contributed by atoms with Gasteiger partial charge in [-0.2, -0.15) is 15.4 Å². The van der Waals surface area contributed by atoms with Crippen molar-refractivity contribution < 1.29 is 9.90 Å². The van der Waals surface area contributed by atoms with Crippen LogP contribution < -0.4 is 0 Å². The molecule has 1 aromatic heterocycles. The van der Waals surface area contributed by atoms with E-state index in [0.717, 1.165) is 18.6 Å². The Morgan fingerprint density at radius 2 is 1.95 bits per heavy atom. The van der Waals surface area contributed by atoms with Crippen LogP contribution in [-0.4, -0.2) is 75.6 Å². The summed E-state index contributed by atoms with van der Waals surface area (Å²) in [4.78, 5) is 16.4. The van der Waals surface area contributed by atoms with E-state index in [1.807, 2.05) is 4.90 Å². The van der Waals surface area contributed by atoms with Crippen molar-refractivity contribution in [2.24, 2.45) is 0 Å². The van der Waals surface area contributed by atoms with E-state index < -0.39 is 0 Å². The molecule has 3 rings (SSSR count). The second kappa shape index (κ2) is 5.56. The summed E-state index contributed by atoms with van der Waals surface area (Å²) >= 11 is 0. The number of fused-ring (bicyclic) bond motifs is 1. The highest BCUT2D eigenvalue weighted by Crippen LogP contribution is 2.14. The minimum atomic E-state index is 0.0264. The number of hydrogen-bond acceptors (Lipinski definition) is 5. The van der Waals surface area contributed by atoms with E-state index in [1.54, 1.807) is 18.2 Å². The van der Waals surface area contributed by atoms with Crippen LogP contribution >= 0.6 is 0 Å². The molecule has 0 aliphatic carbocycles. The second-order valence-corrected chi connectivity index (χ2v) is 4.88. The highest BCUT2D eigenvalue weighted by Gasteiger charge is 2.22. The van der Waals surface area contributed by atoms with E-state index in [2.05, 4.69) is 20.3 Å². The molecule has 0 spiro atoms. The number of aliphatic hydroxyl groups excluding tert-OH is 1. The highest BCUT2D eigenvalue weighted by atomic mass is 16.3. The number of nitrogens with one attached hydrogen (secondary N) is 1. The number of aromatic nitrogens is 3. The number of piperazine rings is 1. The van der Waals surface area contributed by atoms with Gasteiger partial charge in [0.1, 0.15) is 11.0 Å². The molecular formula is C13H17N5O2. The quantitative estimate of drug-likeness (QED) is 0.804. The zero-order valence-electron chi connectivity index (χ0n) is 11.1. The predicted molar refractivity (Wildman–Crippen MR) is 73.3 cm³/mol. The van der Waals surface area contributed by atoms with Crippen LogP contribution in [0.1, 0.15) is 10.4 Å². The van der Waals surface area contributed by atoms with Crippen LogP contribution in [0.3, 0.4) is 0 Å². The Morgan fingerprint density at radius 1 is 1.20 bits per heavy atom. The normalized spacial score (nSPS) is 16.8. The summed E-state index contributed by atoms with van der Waals surface area (Å²) in [5, 5.41) is 19.4. The number of β-amino-alcohol motifs (C(OH)–C–C–N with tert-alkyl or cyclic N) is 1. The van der Waals surface area contributed by atoms with Crippen LogP contribution in [0.2, 0.25) is 0 Å². The molecule has 2 aromatic rings. The monoisotopic (exact) mass is 275 g/mol. The van der Waals surface area contributed by atoms with Crippen LogP contribution in [0.15, 0.2) is 18.2 Å². The van der Waals surface area contributed by atoms with E-state index >= 15 is 0 Å². The summed E-state index contributed by atoms with van der Waals surface area (Å²) in [6.45, 7) is 3.83. The summed E-state index contributed by atoms with van der Waals surface area (Å²) in [6.07, 6.45) is 0. The predicted octanol–water partition coefficient (Wildman–Crippen LogP) is -0.292. The molecule has 0 saturated carbocycles. The number of hydrogen-bond donors (Lipinski definition) is 2. The molecule has 2 N–H and O–H groups in total. The van der Waals surface area contributed by atoms with Crippen LogP contribution in [0.5, 0.6) is 0 Å². The maximum atomic E-state index is 12.4. The van der Waals surface area contributed by atoms with Crippen molar-refractivity contribution in [2.45, 2.75) is 0 Å². The highest BCUT2D eigenvalue weighted by molar-refractivity contribution is 5.97. The molecule has 106 valence electrons. The molecule has 0 bridgehead atoms. The lowest BCUT2D eigenvalue weighted by Gasteiger charge is -2.34. The third kappa shape index (κ3) is 2.50. The molecule has 0 radical (unpaired) electrons. The van der Waals surface area contributed by atoms with Gasteiger partial charge in [-0.1, -0.05) is 0 Å². The maximum absolute atomic E-state index is 12.4. The largest absolute Gasteiger partial charge is 0.395 e. The van der Waals surface area contributed by atoms with Gasteiger partial charge in [0.25, 0.3) is 5.91 Å². The zero-order chi connectivity index (χ0) is 13.9. The fourth-order valence-electron chi connectivity index (χ4n) is 2.47. The topological polar surface area (TPSA) is 85.4 Å². The number of nitrogens with zero attached hydrogens (tertiary/aromatic N) is 4. The van der Waals surface area contributed by atoms with Crippen LogP contribution in [-0.2, 0) is 0 Å². The number of aliphatic hydroxyl groups is 1. The number of amides is 1. The van der Waals surface area contributed by atoms with Crippen molar-refractivity contribution in [2.75, 3.05) is 39.3 Å². The Hall–Kier alpha value is -1.99. The van der Waals surface area contributed by atoms with Crippen LogP contribution in [0.4, 0.5) is 0 Å². The van der Waals surface area contributed by atoms with Gasteiger partial charge in [-0.05, 0) is 18.2 Å². The summed E-state index contributed by atoms with van der Waals surface area (Å²) in [7, 11) is 0. The van der Waals surface area contributed by atoms with Crippen molar-refractivity contribution in [3.8, 4) is 0 Å². The van der Waals surface area contributed by atoms with Crippen molar-refractivity contribution in [1.29, 1.82) is 0 Å². The molecule has 0 atom stereocenters. The molecule has 0 unspecified atom stereocenters. The molecule has 1 aliphatic rings. The van der Waals surface area contributed by atoms with E-state index in [-0.39, 0.29) is 12.5 Å². The molecule has 1 fully saturated rings. The SMILES string of the molecule is O=C(c1ccc2n[nH]nc2c1)N1CCN(CCO)CC1. The zero-order valence-corrected chi connectivity index (χ0v) is 11.1. The maximum Gasteiger partial charge on any atom is 0.254 e. The van der Waals surface area contributed by atoms with E-state index in [0.29, 0.717) is 30.7 Å². The number of aromatic amines is 1. The van der Waals surface area contributed by atoms with Crippen molar-refractivity contribution >= 4 is 16.9 Å². The fraction of sp³-hybridized carbons (Fsp3) is 0.462. The summed E-state index contributed by atoms with van der Waals surface area (Å²) in [6, 6.07) is 5.35. The third-order valence-electron chi connectivity index (χ3n) is 3.64. The molecule has 1 amide bonds. The van der Waals surface area contributed by atoms with Gasteiger partial charge in [0.2, 0.25) is 0 Å². The number of rotatable bonds is 3. The van der Waals surface area contributed by atoms with Gasteiger partial charge in [0.15, 0.2) is 0 Å². The lowest BCUT2D eigenvalue weighted by molar-refractivity contribution is 0.0615. The first-order chi connectivity index (χ1) is 9.78. The fourth-order valence-corrected chi connectivity index (χ4v) is 2.47. The molecule has 7 nitrogen and oxygen atoms in total. The van der Waals surface area contributed by atoms with Crippen molar-refractivity contribution in [1.82, 2.24) is 25.2 Å². The number of carbonyl (C=O) groups is 1. The van der Waals surface area contributed by atoms with Gasteiger partial charge < -0.3 is 10.0 Å². The van der Waals surface area contributed by atoms with E-state index in [9.17, 15) is 4.79 Å². The summed E-state index contributed by atoms with van der Waals surface area (Å²) in [5.74, 6) is 0.0264. The van der Waals surface area contributed by atoms with E-state index in [4.69, 9.17) is 5.11 Å². The Kier molecular flexibility index (Phi) is 3.62. The summed E-state index contributed by atoms with van der Waals surface area (Å²) < 4.78 is 0. The number of H-pyrrole nitrogens is 1. The lowest BCUT2D eigenvalue weighted by Crippen LogP contribution is -2.49. The molecule has 1 saturated heterocycles. The second-order valence-electron chi connectivity index (χ2n) is 4.88. The standard InChI is InChI=1S/C13H17N5O2/c19-8-7-17-3-5-18(6-4-17)13(20)10-1-2-11-12(9-10)15-16-14-11/h1-2,9,19H,3-8H2,(H,14,15,16). The first kappa shape index (κ1) is 13.0. The Labute approximate surface area is 116 Å². The minimum absolute atomic E-state index is 0.0264. The van der Waals surface area contributed by atoms with Gasteiger partial charge in [-0.25, -0.2) is 0 Å². The van der Waals surface area contributed by atoms with Gasteiger partial charge in [0.05, 0.1) is 6.61 Å². The molecular weight excluding hydrogens is 258 g/mol. The average Bonchev–Trinajstić information content (AvgIpc) is 2.95. The van der Waals surface area contributed by atoms with Crippen molar-refractivity contribution in [3.05, 3.63) is 23.8 Å². The lowest BCUT2D eigenvalue weighted by atomic mass is 10.1. The third-order valence-corrected chi connectivity index (χ3v) is 3.64. The van der Waals surface area contributed by atoms with E-state index in [1.165, 1.54) is 0 Å². The molecule has 20 heavy (non-hydrogen) atoms. The summed E-state index contributed by atoms with van der Waals surface area (Å²) in [5.41, 5.74) is 2.10. The number of benzene rings is 1. The first-order valence-electron chi connectivity index (χ1n) is 6.71. The molecule has 1 aliphatic heterocycles. The molecule has 2 heterocycles. The van der Waals surface area contributed by atoms with Crippen molar-refractivity contribution in [3.63, 3.8) is 0 Å². The minimum Gasteiger partial charge on any atom is -0.395 e. The Bertz CT molecular complexity index is 604. The number of carbonyl (C=O) groups excluding carboxylic acids is 1. The first-order valence-corrected chi connectivity index (χ1v) is 6.71. The Balaban J connectivity index is 1.69. The van der Waals surface area contributed by atoms with Crippen LogP contribution in [0.25, 0.3) is 11.0 Å².